The van der Waals surface area contributed by atoms with Crippen molar-refractivity contribution in [2.45, 2.75) is 33.1 Å². The van der Waals surface area contributed by atoms with E-state index in [1.807, 2.05) is 12.1 Å². The highest BCUT2D eigenvalue weighted by molar-refractivity contribution is 6.31. The molecule has 1 rings (SSSR count). The molecule has 0 saturated heterocycles. The molecule has 0 radical (unpaired) electrons. The van der Waals surface area contributed by atoms with Gasteiger partial charge in [0.2, 0.25) is 0 Å². The molecule has 0 spiro atoms. The van der Waals surface area contributed by atoms with Crippen LogP contribution in [0.15, 0.2) is 18.2 Å². The lowest BCUT2D eigenvalue weighted by Crippen LogP contribution is -2.25. The van der Waals surface area contributed by atoms with E-state index >= 15 is 0 Å². The third kappa shape index (κ3) is 3.90. The van der Waals surface area contributed by atoms with Crippen molar-refractivity contribution in [3.63, 3.8) is 0 Å². The Bertz CT molecular complexity index is 339. The zero-order chi connectivity index (χ0) is 12.7. The van der Waals surface area contributed by atoms with Gasteiger partial charge in [-0.05, 0) is 44.0 Å². The Morgan fingerprint density at radius 1 is 1.29 bits per heavy atom. The van der Waals surface area contributed by atoms with Crippen LogP contribution < -0.4 is 10.6 Å². The highest BCUT2D eigenvalue weighted by Crippen LogP contribution is 2.28. The van der Waals surface area contributed by atoms with Crippen molar-refractivity contribution in [1.29, 1.82) is 0 Å². The Kier molecular flexibility index (Phi) is 6.38. The molecule has 0 bridgehead atoms. The molecule has 0 aromatic heterocycles. The molecule has 17 heavy (non-hydrogen) atoms. The molecule has 0 unspecified atom stereocenters. The Hall–Kier alpha value is -0.730. The molecule has 1 aromatic rings. The first-order valence-electron chi connectivity index (χ1n) is 6.47. The van der Waals surface area contributed by atoms with E-state index in [0.29, 0.717) is 6.54 Å². The molecule has 0 amide bonds. The highest BCUT2D eigenvalue weighted by atomic mass is 35.5. The predicted molar refractivity (Wildman–Crippen MR) is 77.0 cm³/mol. The van der Waals surface area contributed by atoms with E-state index < -0.39 is 0 Å². The van der Waals surface area contributed by atoms with Gasteiger partial charge in [-0.15, -0.1) is 0 Å². The fraction of sp³-hybridized carbons (Fsp3) is 0.571. The van der Waals surface area contributed by atoms with Gasteiger partial charge in [0.25, 0.3) is 0 Å². The number of halogens is 1. The summed E-state index contributed by atoms with van der Waals surface area (Å²) in [4.78, 5) is 2.39. The minimum atomic E-state index is 0.641. The fourth-order valence-electron chi connectivity index (χ4n) is 2.03. The Labute approximate surface area is 110 Å². The quantitative estimate of drug-likeness (QED) is 0.807. The van der Waals surface area contributed by atoms with Crippen LogP contribution in [0.25, 0.3) is 0 Å². The zero-order valence-corrected chi connectivity index (χ0v) is 11.6. The molecule has 1 aromatic carbocycles. The normalized spacial score (nSPS) is 10.6. The smallest absolute Gasteiger partial charge is 0.0459 e. The van der Waals surface area contributed by atoms with Gasteiger partial charge >= 0.3 is 0 Å². The van der Waals surface area contributed by atoms with Crippen LogP contribution in [-0.2, 0) is 6.42 Å². The standard InChI is InChI=1S/C14H23ClN2/c1-3-5-11-17(4-2)14-8-6-7-13(15)12(14)9-10-16/h6-8H,3-5,9-11,16H2,1-2H3. The third-order valence-corrected chi connectivity index (χ3v) is 3.35. The molecule has 0 fully saturated rings. The number of hydrogen-bond donors (Lipinski definition) is 1. The van der Waals surface area contributed by atoms with Crippen molar-refractivity contribution in [3.8, 4) is 0 Å². The lowest BCUT2D eigenvalue weighted by molar-refractivity contribution is 0.728. The summed E-state index contributed by atoms with van der Waals surface area (Å²) in [7, 11) is 0. The number of rotatable bonds is 7. The number of anilines is 1. The van der Waals surface area contributed by atoms with Crippen LogP contribution in [0.1, 0.15) is 32.3 Å². The summed E-state index contributed by atoms with van der Waals surface area (Å²) < 4.78 is 0. The molecule has 96 valence electrons. The van der Waals surface area contributed by atoms with Crippen LogP contribution in [0.3, 0.4) is 0 Å². The molecule has 0 aliphatic rings. The Morgan fingerprint density at radius 3 is 2.65 bits per heavy atom. The maximum atomic E-state index is 6.26. The van der Waals surface area contributed by atoms with Crippen molar-refractivity contribution >= 4 is 17.3 Å². The second kappa shape index (κ2) is 7.57. The van der Waals surface area contributed by atoms with Gasteiger partial charge in [-0.1, -0.05) is 31.0 Å². The summed E-state index contributed by atoms with van der Waals surface area (Å²) in [6, 6.07) is 6.12. The number of nitrogens with zero attached hydrogens (tertiary/aromatic N) is 1. The lowest BCUT2D eigenvalue weighted by atomic mass is 10.1. The minimum absolute atomic E-state index is 0.641. The Balaban J connectivity index is 2.96. The van der Waals surface area contributed by atoms with Crippen molar-refractivity contribution in [2.75, 3.05) is 24.5 Å². The lowest BCUT2D eigenvalue weighted by Gasteiger charge is -2.26. The largest absolute Gasteiger partial charge is 0.372 e. The second-order valence-corrected chi connectivity index (χ2v) is 4.62. The minimum Gasteiger partial charge on any atom is -0.372 e. The third-order valence-electron chi connectivity index (χ3n) is 2.99. The average molecular weight is 255 g/mol. The van der Waals surface area contributed by atoms with E-state index in [2.05, 4.69) is 24.8 Å². The number of unbranched alkanes of at least 4 members (excludes halogenated alkanes) is 1. The van der Waals surface area contributed by atoms with Crippen molar-refractivity contribution < 1.29 is 0 Å². The molecule has 0 heterocycles. The van der Waals surface area contributed by atoms with Gasteiger partial charge < -0.3 is 10.6 Å². The van der Waals surface area contributed by atoms with E-state index in [1.165, 1.54) is 24.1 Å². The first-order chi connectivity index (χ1) is 8.24. The van der Waals surface area contributed by atoms with Crippen LogP contribution in [0, 0.1) is 0 Å². The summed E-state index contributed by atoms with van der Waals surface area (Å²) in [5, 5.41) is 0.836. The number of benzene rings is 1. The van der Waals surface area contributed by atoms with Gasteiger partial charge in [-0.3, -0.25) is 0 Å². The first-order valence-corrected chi connectivity index (χ1v) is 6.84. The molecule has 0 saturated carbocycles. The second-order valence-electron chi connectivity index (χ2n) is 4.21. The molecule has 0 aliphatic carbocycles. The molecule has 0 aliphatic heterocycles. The van der Waals surface area contributed by atoms with E-state index in [4.69, 9.17) is 17.3 Å². The van der Waals surface area contributed by atoms with E-state index in [1.54, 1.807) is 0 Å². The SMILES string of the molecule is CCCCN(CC)c1cccc(Cl)c1CCN. The molecular formula is C14H23ClN2. The summed E-state index contributed by atoms with van der Waals surface area (Å²) >= 11 is 6.26. The van der Waals surface area contributed by atoms with Crippen LogP contribution in [0.5, 0.6) is 0 Å². The van der Waals surface area contributed by atoms with Crippen LogP contribution >= 0.6 is 11.6 Å². The number of nitrogens with two attached hydrogens (primary N) is 1. The van der Waals surface area contributed by atoms with E-state index in [9.17, 15) is 0 Å². The number of hydrogen-bond acceptors (Lipinski definition) is 2. The van der Waals surface area contributed by atoms with Gasteiger partial charge in [-0.25, -0.2) is 0 Å². The summed E-state index contributed by atoms with van der Waals surface area (Å²) in [5.74, 6) is 0. The van der Waals surface area contributed by atoms with Gasteiger partial charge in [0.05, 0.1) is 0 Å². The predicted octanol–water partition coefficient (Wildman–Crippen LogP) is 3.47. The monoisotopic (exact) mass is 254 g/mol. The molecule has 2 nitrogen and oxygen atoms in total. The van der Waals surface area contributed by atoms with Gasteiger partial charge in [0, 0.05) is 23.8 Å². The molecule has 0 atom stereocenters. The van der Waals surface area contributed by atoms with Gasteiger partial charge in [0.15, 0.2) is 0 Å². The first kappa shape index (κ1) is 14.3. The Morgan fingerprint density at radius 2 is 2.06 bits per heavy atom. The highest BCUT2D eigenvalue weighted by Gasteiger charge is 2.11. The van der Waals surface area contributed by atoms with E-state index in [0.717, 1.165) is 24.5 Å². The fourth-order valence-corrected chi connectivity index (χ4v) is 2.30. The summed E-state index contributed by atoms with van der Waals surface area (Å²) in [6.07, 6.45) is 3.27. The molecule has 3 heteroatoms. The van der Waals surface area contributed by atoms with Crippen LogP contribution in [0.2, 0.25) is 5.02 Å². The van der Waals surface area contributed by atoms with Crippen LogP contribution in [0.4, 0.5) is 5.69 Å². The molecular weight excluding hydrogens is 232 g/mol. The average Bonchev–Trinajstić information content (AvgIpc) is 2.34. The maximum absolute atomic E-state index is 6.26. The zero-order valence-electron chi connectivity index (χ0n) is 10.9. The topological polar surface area (TPSA) is 29.3 Å². The van der Waals surface area contributed by atoms with Crippen molar-refractivity contribution in [2.24, 2.45) is 5.73 Å². The molecule has 2 N–H and O–H groups in total. The van der Waals surface area contributed by atoms with Crippen molar-refractivity contribution in [3.05, 3.63) is 28.8 Å². The summed E-state index contributed by atoms with van der Waals surface area (Å²) in [5.41, 5.74) is 8.10. The van der Waals surface area contributed by atoms with Gasteiger partial charge in [-0.2, -0.15) is 0 Å². The maximum Gasteiger partial charge on any atom is 0.0459 e. The van der Waals surface area contributed by atoms with Crippen LogP contribution in [-0.4, -0.2) is 19.6 Å². The van der Waals surface area contributed by atoms with E-state index in [-0.39, 0.29) is 0 Å². The summed E-state index contributed by atoms with van der Waals surface area (Å²) in [6.45, 7) is 7.14. The van der Waals surface area contributed by atoms with Crippen molar-refractivity contribution in [1.82, 2.24) is 0 Å². The van der Waals surface area contributed by atoms with Gasteiger partial charge in [0.1, 0.15) is 0 Å².